The summed E-state index contributed by atoms with van der Waals surface area (Å²) in [5.41, 5.74) is 6.47. The first-order valence-electron chi connectivity index (χ1n) is 11.5. The van der Waals surface area contributed by atoms with Gasteiger partial charge in [0.2, 0.25) is 0 Å². The molecule has 0 atom stereocenters. The van der Waals surface area contributed by atoms with E-state index in [1.54, 1.807) is 16.2 Å². The quantitative estimate of drug-likeness (QED) is 0.405. The highest BCUT2D eigenvalue weighted by Crippen LogP contribution is 2.32. The molecule has 2 aliphatic rings. The molecule has 0 bridgehead atoms. The number of urea groups is 1. The lowest BCUT2D eigenvalue weighted by Gasteiger charge is -2.36. The lowest BCUT2D eigenvalue weighted by atomic mass is 10.0. The summed E-state index contributed by atoms with van der Waals surface area (Å²) in [5, 5.41) is 4.26. The summed E-state index contributed by atoms with van der Waals surface area (Å²) in [6, 6.07) is 7.86. The van der Waals surface area contributed by atoms with E-state index in [2.05, 4.69) is 25.3 Å². The number of rotatable bonds is 3. The van der Waals surface area contributed by atoms with Crippen molar-refractivity contribution >= 4 is 55.7 Å². The fourth-order valence-electron chi connectivity index (χ4n) is 4.59. The van der Waals surface area contributed by atoms with E-state index in [1.807, 2.05) is 35.9 Å². The number of H-pyrrole nitrogens is 1. The van der Waals surface area contributed by atoms with Crippen LogP contribution in [-0.4, -0.2) is 67.9 Å². The zero-order chi connectivity index (χ0) is 24.0. The first kappa shape index (κ1) is 21.9. The number of alkyl halides is 2. The third-order valence-electron chi connectivity index (χ3n) is 6.61. The van der Waals surface area contributed by atoms with Gasteiger partial charge in [-0.1, -0.05) is 6.08 Å². The Morgan fingerprint density at radius 3 is 2.74 bits per heavy atom. The monoisotopic (exact) mass is 495 g/mol. The summed E-state index contributed by atoms with van der Waals surface area (Å²) in [4.78, 5) is 32.5. The predicted octanol–water partition coefficient (Wildman–Crippen LogP) is 5.25. The zero-order valence-corrected chi connectivity index (χ0v) is 19.6. The summed E-state index contributed by atoms with van der Waals surface area (Å²) in [6.45, 7) is 1.19. The number of anilines is 2. The summed E-state index contributed by atoms with van der Waals surface area (Å²) in [7, 11) is 0. The highest BCUT2D eigenvalue weighted by Gasteiger charge is 2.37. The van der Waals surface area contributed by atoms with Gasteiger partial charge in [0.05, 0.1) is 21.1 Å². The second kappa shape index (κ2) is 8.56. The van der Waals surface area contributed by atoms with Crippen molar-refractivity contribution < 1.29 is 13.6 Å². The minimum atomic E-state index is -2.66. The number of benzene rings is 1. The van der Waals surface area contributed by atoms with Gasteiger partial charge in [-0.05, 0) is 36.3 Å². The molecular formula is C24H23F2N7OS. The first-order valence-corrected chi connectivity index (χ1v) is 12.4. The van der Waals surface area contributed by atoms with Gasteiger partial charge in [0.25, 0.3) is 5.92 Å². The van der Waals surface area contributed by atoms with E-state index < -0.39 is 5.92 Å². The second-order valence-electron chi connectivity index (χ2n) is 8.88. The van der Waals surface area contributed by atoms with Crippen LogP contribution in [-0.2, 0) is 0 Å². The van der Waals surface area contributed by atoms with E-state index in [0.717, 1.165) is 38.2 Å². The van der Waals surface area contributed by atoms with Crippen LogP contribution in [0.5, 0.6) is 0 Å². The van der Waals surface area contributed by atoms with Gasteiger partial charge < -0.3 is 20.1 Å². The van der Waals surface area contributed by atoms with Crippen LogP contribution in [0.3, 0.4) is 0 Å². The fraction of sp³-hybridized carbons (Fsp3) is 0.333. The standard InChI is InChI=1S/C24H23F2N7OS/c25-24(26)5-9-33(10-6-24)23(34)32-7-3-15(4-8-32)19-12-17-21(27-13-28-22(17)31-19)30-16-1-2-18-20(11-16)35-14-29-18/h1-3,11-14H,4-10H2,(H2,27,28,30,31). The number of aromatic amines is 1. The third-order valence-corrected chi connectivity index (χ3v) is 7.40. The maximum atomic E-state index is 13.4. The number of amides is 2. The number of aromatic nitrogens is 4. The van der Waals surface area contributed by atoms with Crippen molar-refractivity contribution in [3.8, 4) is 0 Å². The molecule has 11 heteroatoms. The molecule has 8 nitrogen and oxygen atoms in total. The summed E-state index contributed by atoms with van der Waals surface area (Å²) in [6.07, 6.45) is 3.67. The average Bonchev–Trinajstić information content (AvgIpc) is 3.51. The molecule has 0 spiro atoms. The average molecular weight is 496 g/mol. The van der Waals surface area contributed by atoms with Crippen LogP contribution in [0.15, 0.2) is 42.2 Å². The largest absolute Gasteiger partial charge is 0.340 e. The van der Waals surface area contributed by atoms with Gasteiger partial charge in [0.1, 0.15) is 17.8 Å². The molecule has 1 saturated heterocycles. The van der Waals surface area contributed by atoms with Gasteiger partial charge in [-0.2, -0.15) is 0 Å². The molecule has 0 unspecified atom stereocenters. The molecule has 0 aliphatic carbocycles. The van der Waals surface area contributed by atoms with E-state index in [0.29, 0.717) is 25.3 Å². The molecule has 180 valence electrons. The van der Waals surface area contributed by atoms with Crippen molar-refractivity contribution in [2.75, 3.05) is 31.5 Å². The Balaban J connectivity index is 1.18. The fourth-order valence-corrected chi connectivity index (χ4v) is 5.31. The van der Waals surface area contributed by atoms with E-state index >= 15 is 0 Å². The van der Waals surface area contributed by atoms with Crippen LogP contribution >= 0.6 is 11.3 Å². The van der Waals surface area contributed by atoms with Gasteiger partial charge in [0, 0.05) is 50.4 Å². The van der Waals surface area contributed by atoms with Gasteiger partial charge in [-0.3, -0.25) is 0 Å². The number of halogens is 2. The maximum Gasteiger partial charge on any atom is 0.320 e. The van der Waals surface area contributed by atoms with E-state index in [4.69, 9.17) is 0 Å². The lowest BCUT2D eigenvalue weighted by Crippen LogP contribution is -2.49. The van der Waals surface area contributed by atoms with E-state index in [-0.39, 0.29) is 32.0 Å². The van der Waals surface area contributed by atoms with E-state index in [9.17, 15) is 13.6 Å². The Morgan fingerprint density at radius 2 is 1.94 bits per heavy atom. The minimum Gasteiger partial charge on any atom is -0.340 e. The zero-order valence-electron chi connectivity index (χ0n) is 18.8. The number of nitrogens with zero attached hydrogens (tertiary/aromatic N) is 5. The van der Waals surface area contributed by atoms with Crippen molar-refractivity contribution in [3.63, 3.8) is 0 Å². The molecule has 2 amide bonds. The van der Waals surface area contributed by atoms with Gasteiger partial charge >= 0.3 is 6.03 Å². The normalized spacial score (nSPS) is 18.2. The van der Waals surface area contributed by atoms with Crippen LogP contribution in [0, 0.1) is 0 Å². The van der Waals surface area contributed by atoms with Crippen molar-refractivity contribution in [1.82, 2.24) is 29.7 Å². The Labute approximate surface area is 203 Å². The van der Waals surface area contributed by atoms with Crippen LogP contribution in [0.2, 0.25) is 0 Å². The van der Waals surface area contributed by atoms with Crippen molar-refractivity contribution in [2.45, 2.75) is 25.2 Å². The molecule has 1 aromatic carbocycles. The molecule has 3 aromatic heterocycles. The Hall–Kier alpha value is -3.60. The van der Waals surface area contributed by atoms with Gasteiger partial charge in [-0.25, -0.2) is 28.5 Å². The number of likely N-dealkylation sites (tertiary alicyclic amines) is 1. The highest BCUT2D eigenvalue weighted by molar-refractivity contribution is 7.16. The summed E-state index contributed by atoms with van der Waals surface area (Å²) >= 11 is 1.59. The smallest absolute Gasteiger partial charge is 0.320 e. The molecule has 35 heavy (non-hydrogen) atoms. The Bertz CT molecular complexity index is 1440. The first-order chi connectivity index (χ1) is 16.9. The predicted molar refractivity (Wildman–Crippen MR) is 132 cm³/mol. The van der Waals surface area contributed by atoms with E-state index in [1.165, 1.54) is 11.2 Å². The van der Waals surface area contributed by atoms with Crippen molar-refractivity contribution in [3.05, 3.63) is 47.9 Å². The summed E-state index contributed by atoms with van der Waals surface area (Å²) < 4.78 is 28.0. The van der Waals surface area contributed by atoms with Crippen LogP contribution in [0.4, 0.5) is 25.1 Å². The van der Waals surface area contributed by atoms with Gasteiger partial charge in [-0.15, -0.1) is 11.3 Å². The van der Waals surface area contributed by atoms with Gasteiger partial charge in [0.15, 0.2) is 0 Å². The number of thiazole rings is 1. The molecule has 0 saturated carbocycles. The van der Waals surface area contributed by atoms with Crippen molar-refractivity contribution in [1.29, 1.82) is 0 Å². The molecule has 0 radical (unpaired) electrons. The molecule has 6 rings (SSSR count). The number of fused-ring (bicyclic) bond motifs is 2. The number of hydrogen-bond donors (Lipinski definition) is 2. The lowest BCUT2D eigenvalue weighted by molar-refractivity contribution is -0.0489. The Kier molecular flexibility index (Phi) is 5.36. The molecule has 2 N–H and O–H groups in total. The third kappa shape index (κ3) is 4.31. The topological polar surface area (TPSA) is 90.0 Å². The molecule has 2 aliphatic heterocycles. The SMILES string of the molecule is O=C(N1CC=C(c2cc3c(Nc4ccc5ncsc5c4)ncnc3[nH]2)CC1)N1CCC(F)(F)CC1. The van der Waals surface area contributed by atoms with Crippen LogP contribution in [0.1, 0.15) is 25.0 Å². The van der Waals surface area contributed by atoms with Crippen molar-refractivity contribution in [2.24, 2.45) is 0 Å². The Morgan fingerprint density at radius 1 is 1.09 bits per heavy atom. The summed E-state index contributed by atoms with van der Waals surface area (Å²) in [5.74, 6) is -1.96. The minimum absolute atomic E-state index is 0.102. The number of carbonyl (C=O) groups is 1. The van der Waals surface area contributed by atoms with Crippen LogP contribution < -0.4 is 5.32 Å². The number of piperidine rings is 1. The number of hydrogen-bond acceptors (Lipinski definition) is 6. The van der Waals surface area contributed by atoms with Crippen LogP contribution in [0.25, 0.3) is 26.8 Å². The molecular weight excluding hydrogens is 472 g/mol. The molecule has 4 aromatic rings. The molecule has 1 fully saturated rings. The highest BCUT2D eigenvalue weighted by atomic mass is 32.1. The number of carbonyl (C=O) groups excluding carboxylic acids is 1. The number of nitrogens with one attached hydrogen (secondary N) is 2. The second-order valence-corrected chi connectivity index (χ2v) is 9.76. The maximum absolute atomic E-state index is 13.4. The molecule has 5 heterocycles.